The molecule has 1 atom stereocenters. The number of oxime groups is 1. The van der Waals surface area contributed by atoms with Crippen molar-refractivity contribution < 1.29 is 9.57 Å². The quantitative estimate of drug-likeness (QED) is 0.550. The minimum absolute atomic E-state index is 0.243. The van der Waals surface area contributed by atoms with E-state index < -0.39 is 0 Å². The van der Waals surface area contributed by atoms with Gasteiger partial charge in [0, 0.05) is 5.56 Å². The number of benzene rings is 2. The van der Waals surface area contributed by atoms with Crippen molar-refractivity contribution >= 4 is 5.71 Å². The Labute approximate surface area is 143 Å². The lowest BCUT2D eigenvalue weighted by Gasteiger charge is -2.16. The highest BCUT2D eigenvalue weighted by atomic mass is 16.6. The van der Waals surface area contributed by atoms with E-state index in [9.17, 15) is 5.26 Å². The number of nitrogens with zero attached hydrogens (tertiary/aromatic N) is 2. The summed E-state index contributed by atoms with van der Waals surface area (Å²) in [7, 11) is 1.43. The number of ether oxygens (including phenoxy) is 1. The molecule has 1 unspecified atom stereocenters. The van der Waals surface area contributed by atoms with Crippen LogP contribution in [0, 0.1) is 11.3 Å². The molecule has 0 aliphatic rings. The fourth-order valence-electron chi connectivity index (χ4n) is 2.49. The van der Waals surface area contributed by atoms with E-state index in [2.05, 4.69) is 31.1 Å². The van der Waals surface area contributed by atoms with E-state index in [0.29, 0.717) is 12.5 Å². The summed E-state index contributed by atoms with van der Waals surface area (Å²) < 4.78 is 6.05. The molecule has 0 radical (unpaired) electrons. The first kappa shape index (κ1) is 17.6. The average Bonchev–Trinajstić information content (AvgIpc) is 2.64. The van der Waals surface area contributed by atoms with Crippen LogP contribution in [0.5, 0.6) is 5.75 Å². The van der Waals surface area contributed by atoms with E-state index in [4.69, 9.17) is 9.57 Å². The molecule has 2 rings (SSSR count). The lowest BCUT2D eigenvalue weighted by atomic mass is 9.98. The molecule has 0 spiro atoms. The molecular formula is C20H22N2O2. The molecule has 2 aromatic carbocycles. The molecule has 0 N–H and O–H groups in total. The van der Waals surface area contributed by atoms with Crippen LogP contribution in [0.2, 0.25) is 0 Å². The highest BCUT2D eigenvalue weighted by Crippen LogP contribution is 2.29. The second-order valence-electron chi connectivity index (χ2n) is 5.53. The van der Waals surface area contributed by atoms with Crippen LogP contribution in [0.15, 0.2) is 53.7 Å². The number of rotatable bonds is 7. The second kappa shape index (κ2) is 8.73. The summed E-state index contributed by atoms with van der Waals surface area (Å²) in [5.41, 5.74) is 3.06. The van der Waals surface area contributed by atoms with E-state index in [1.807, 2.05) is 42.5 Å². The van der Waals surface area contributed by atoms with Crippen LogP contribution in [0.25, 0.3) is 0 Å². The SMILES string of the molecule is CCC(C)c1ccccc1OCc1ccccc1C(C#N)=NOC. The van der Waals surface area contributed by atoms with Crippen LogP contribution in [0.4, 0.5) is 0 Å². The van der Waals surface area contributed by atoms with Gasteiger partial charge in [0.25, 0.3) is 0 Å². The molecule has 24 heavy (non-hydrogen) atoms. The fourth-order valence-corrected chi connectivity index (χ4v) is 2.49. The monoisotopic (exact) mass is 322 g/mol. The van der Waals surface area contributed by atoms with Gasteiger partial charge in [0.15, 0.2) is 5.71 Å². The largest absolute Gasteiger partial charge is 0.489 e. The first-order chi connectivity index (χ1) is 11.7. The van der Waals surface area contributed by atoms with Gasteiger partial charge in [-0.2, -0.15) is 5.26 Å². The predicted molar refractivity (Wildman–Crippen MR) is 95.1 cm³/mol. The minimum Gasteiger partial charge on any atom is -0.489 e. The summed E-state index contributed by atoms with van der Waals surface area (Å²) in [6.45, 7) is 4.72. The van der Waals surface area contributed by atoms with Crippen molar-refractivity contribution in [1.29, 1.82) is 5.26 Å². The molecule has 4 heteroatoms. The number of hydrogen-bond acceptors (Lipinski definition) is 4. The van der Waals surface area contributed by atoms with Gasteiger partial charge >= 0.3 is 0 Å². The number of para-hydroxylation sites is 1. The molecule has 2 aromatic rings. The summed E-state index contributed by atoms with van der Waals surface area (Å²) in [5, 5.41) is 13.1. The number of hydrogen-bond donors (Lipinski definition) is 0. The molecule has 124 valence electrons. The van der Waals surface area contributed by atoms with E-state index in [0.717, 1.165) is 23.3 Å². The van der Waals surface area contributed by atoms with E-state index >= 15 is 0 Å². The molecule has 0 saturated heterocycles. The Kier molecular flexibility index (Phi) is 6.39. The maximum Gasteiger partial charge on any atom is 0.187 e. The van der Waals surface area contributed by atoms with Crippen LogP contribution in [-0.2, 0) is 11.4 Å². The van der Waals surface area contributed by atoms with Gasteiger partial charge in [-0.05, 0) is 29.5 Å². The van der Waals surface area contributed by atoms with Crippen molar-refractivity contribution in [3.8, 4) is 11.8 Å². The van der Waals surface area contributed by atoms with E-state index in [1.165, 1.54) is 12.7 Å². The first-order valence-corrected chi connectivity index (χ1v) is 8.02. The van der Waals surface area contributed by atoms with Crippen molar-refractivity contribution in [2.75, 3.05) is 7.11 Å². The second-order valence-corrected chi connectivity index (χ2v) is 5.53. The smallest absolute Gasteiger partial charge is 0.187 e. The van der Waals surface area contributed by atoms with Crippen LogP contribution in [0.3, 0.4) is 0 Å². The molecule has 0 heterocycles. The molecular weight excluding hydrogens is 300 g/mol. The normalized spacial score (nSPS) is 12.3. The summed E-state index contributed by atoms with van der Waals surface area (Å²) in [4.78, 5) is 4.76. The molecule has 0 fully saturated rings. The zero-order valence-corrected chi connectivity index (χ0v) is 14.3. The molecule has 0 amide bonds. The molecule has 0 aromatic heterocycles. The average molecular weight is 322 g/mol. The zero-order valence-electron chi connectivity index (χ0n) is 14.3. The van der Waals surface area contributed by atoms with Crippen LogP contribution in [0.1, 0.15) is 42.9 Å². The molecule has 0 bridgehead atoms. The highest BCUT2D eigenvalue weighted by molar-refractivity contribution is 6.12. The Hall–Kier alpha value is -2.80. The van der Waals surface area contributed by atoms with Crippen LogP contribution < -0.4 is 4.74 Å². The van der Waals surface area contributed by atoms with Crippen molar-refractivity contribution in [2.24, 2.45) is 5.16 Å². The van der Waals surface area contributed by atoms with Crippen molar-refractivity contribution in [2.45, 2.75) is 32.8 Å². The Bertz CT molecular complexity index is 747. The molecule has 0 saturated carbocycles. The lowest BCUT2D eigenvalue weighted by Crippen LogP contribution is -2.07. The summed E-state index contributed by atoms with van der Waals surface area (Å²) in [6.07, 6.45) is 1.05. The topological polar surface area (TPSA) is 54.6 Å². The van der Waals surface area contributed by atoms with Crippen molar-refractivity contribution in [3.05, 3.63) is 65.2 Å². The highest BCUT2D eigenvalue weighted by Gasteiger charge is 2.13. The Morgan fingerprint density at radius 1 is 1.17 bits per heavy atom. The minimum atomic E-state index is 0.243. The standard InChI is InChI=1S/C20H22N2O2/c1-4-15(2)17-10-7-8-12-20(17)24-14-16-9-5-6-11-18(16)19(13-21)22-23-3/h5-12,15H,4,14H2,1-3H3. The summed E-state index contributed by atoms with van der Waals surface area (Å²) in [5.74, 6) is 1.31. The first-order valence-electron chi connectivity index (χ1n) is 8.02. The summed E-state index contributed by atoms with van der Waals surface area (Å²) in [6, 6.07) is 17.7. The van der Waals surface area contributed by atoms with Crippen LogP contribution >= 0.6 is 0 Å². The van der Waals surface area contributed by atoms with Gasteiger partial charge in [0.05, 0.1) is 0 Å². The maximum atomic E-state index is 9.27. The predicted octanol–water partition coefficient (Wildman–Crippen LogP) is 4.65. The maximum absolute atomic E-state index is 9.27. The Morgan fingerprint density at radius 3 is 2.58 bits per heavy atom. The van der Waals surface area contributed by atoms with Gasteiger partial charge in [-0.3, -0.25) is 0 Å². The van der Waals surface area contributed by atoms with Crippen molar-refractivity contribution in [3.63, 3.8) is 0 Å². The van der Waals surface area contributed by atoms with Gasteiger partial charge in [-0.15, -0.1) is 0 Å². The lowest BCUT2D eigenvalue weighted by molar-refractivity contribution is 0.214. The fraction of sp³-hybridized carbons (Fsp3) is 0.300. The zero-order chi connectivity index (χ0) is 17.4. The van der Waals surface area contributed by atoms with Crippen molar-refractivity contribution in [1.82, 2.24) is 0 Å². The van der Waals surface area contributed by atoms with Gasteiger partial charge < -0.3 is 9.57 Å². The van der Waals surface area contributed by atoms with E-state index in [-0.39, 0.29) is 5.71 Å². The molecule has 0 aliphatic carbocycles. The third kappa shape index (κ3) is 4.14. The van der Waals surface area contributed by atoms with Gasteiger partial charge in [-0.25, -0.2) is 0 Å². The molecule has 0 aliphatic heterocycles. The molecule has 4 nitrogen and oxygen atoms in total. The summed E-state index contributed by atoms with van der Waals surface area (Å²) >= 11 is 0. The third-order valence-electron chi connectivity index (χ3n) is 4.01. The Morgan fingerprint density at radius 2 is 1.88 bits per heavy atom. The van der Waals surface area contributed by atoms with Gasteiger partial charge in [-0.1, -0.05) is 61.5 Å². The number of nitriles is 1. The Balaban J connectivity index is 2.26. The van der Waals surface area contributed by atoms with Gasteiger partial charge in [0.2, 0.25) is 0 Å². The third-order valence-corrected chi connectivity index (χ3v) is 4.01. The van der Waals surface area contributed by atoms with Crippen LogP contribution in [-0.4, -0.2) is 12.8 Å². The van der Waals surface area contributed by atoms with E-state index in [1.54, 1.807) is 0 Å². The van der Waals surface area contributed by atoms with Gasteiger partial charge in [0.1, 0.15) is 25.5 Å².